The van der Waals surface area contributed by atoms with E-state index in [1.807, 2.05) is 48.1 Å². The SMILES string of the molecule is c1ccc2c(c1)C[C@H]1CSC(=Nc3cccc4cnccc34)N1C2.c1ccc2c(c1)C[C@H]1CSC(=Nc3ccncc3)N1C2. The normalized spacial score (nSPS) is 21.8. The minimum Gasteiger partial charge on any atom is -0.343 e. The molecule has 0 spiro atoms. The first-order valence-electron chi connectivity index (χ1n) is 15.1. The van der Waals surface area contributed by atoms with E-state index in [1.165, 1.54) is 27.6 Å². The van der Waals surface area contributed by atoms with Gasteiger partial charge in [-0.15, -0.1) is 0 Å². The van der Waals surface area contributed by atoms with Gasteiger partial charge in [-0.05, 0) is 59.4 Å². The quantitative estimate of drug-likeness (QED) is 0.204. The Labute approximate surface area is 266 Å². The predicted octanol–water partition coefficient (Wildman–Crippen LogP) is 7.64. The molecule has 0 radical (unpaired) electrons. The summed E-state index contributed by atoms with van der Waals surface area (Å²) in [6.07, 6.45) is 9.60. The number of rotatable bonds is 2. The molecular weight excluding hydrogens is 581 g/mol. The van der Waals surface area contributed by atoms with E-state index >= 15 is 0 Å². The lowest BCUT2D eigenvalue weighted by Crippen LogP contribution is -2.38. The third-order valence-corrected chi connectivity index (χ3v) is 11.0. The maximum Gasteiger partial charge on any atom is 0.165 e. The van der Waals surface area contributed by atoms with E-state index < -0.39 is 0 Å². The fourth-order valence-electron chi connectivity index (χ4n) is 6.46. The van der Waals surface area contributed by atoms with Gasteiger partial charge in [0.2, 0.25) is 0 Å². The molecule has 5 aromatic rings. The summed E-state index contributed by atoms with van der Waals surface area (Å²) in [6.45, 7) is 1.96. The van der Waals surface area contributed by atoms with Crippen LogP contribution < -0.4 is 0 Å². The van der Waals surface area contributed by atoms with Crippen LogP contribution in [0, 0.1) is 0 Å². The molecule has 218 valence electrons. The fourth-order valence-corrected chi connectivity index (χ4v) is 8.83. The molecule has 0 amide bonds. The number of hydrogen-bond acceptors (Lipinski definition) is 6. The summed E-state index contributed by atoms with van der Waals surface area (Å²) in [7, 11) is 0. The topological polar surface area (TPSA) is 57.0 Å². The van der Waals surface area contributed by atoms with Gasteiger partial charge in [0, 0.05) is 72.2 Å². The molecule has 0 N–H and O–H groups in total. The molecule has 2 fully saturated rings. The van der Waals surface area contributed by atoms with Gasteiger partial charge in [0.05, 0.1) is 11.4 Å². The van der Waals surface area contributed by atoms with Gasteiger partial charge in [-0.1, -0.05) is 84.2 Å². The average molecular weight is 613 g/mol. The van der Waals surface area contributed by atoms with Crippen LogP contribution in [0.15, 0.2) is 120 Å². The van der Waals surface area contributed by atoms with Crippen LogP contribution in [0.4, 0.5) is 11.4 Å². The highest BCUT2D eigenvalue weighted by atomic mass is 32.2. The maximum atomic E-state index is 5.02. The molecule has 2 atom stereocenters. The molecule has 0 aliphatic carbocycles. The van der Waals surface area contributed by atoms with E-state index in [1.54, 1.807) is 12.4 Å². The Bertz CT molecular complexity index is 1870. The number of amidine groups is 2. The summed E-state index contributed by atoms with van der Waals surface area (Å²) in [6, 6.07) is 30.9. The summed E-state index contributed by atoms with van der Waals surface area (Å²) in [5, 5.41) is 4.61. The zero-order valence-electron chi connectivity index (χ0n) is 24.3. The van der Waals surface area contributed by atoms with Crippen LogP contribution >= 0.6 is 23.5 Å². The Balaban J connectivity index is 0.000000134. The second kappa shape index (κ2) is 12.1. The number of hydrogen-bond donors (Lipinski definition) is 0. The van der Waals surface area contributed by atoms with Crippen LogP contribution in [0.3, 0.4) is 0 Å². The van der Waals surface area contributed by atoms with Crippen molar-refractivity contribution in [1.29, 1.82) is 0 Å². The average Bonchev–Trinajstić information content (AvgIpc) is 3.66. The molecule has 8 heteroatoms. The molecule has 4 aliphatic rings. The van der Waals surface area contributed by atoms with E-state index in [0.717, 1.165) is 64.5 Å². The van der Waals surface area contributed by atoms with Crippen LogP contribution in [-0.4, -0.2) is 53.7 Å². The Kier molecular flexibility index (Phi) is 7.54. The van der Waals surface area contributed by atoms with Gasteiger partial charge in [0.15, 0.2) is 10.3 Å². The molecule has 0 unspecified atom stereocenters. The van der Waals surface area contributed by atoms with Crippen molar-refractivity contribution < 1.29 is 0 Å². The Morgan fingerprint density at radius 2 is 1.18 bits per heavy atom. The first-order chi connectivity index (χ1) is 21.8. The number of pyridine rings is 2. The van der Waals surface area contributed by atoms with Crippen LogP contribution in [0.5, 0.6) is 0 Å². The molecule has 6 heterocycles. The first-order valence-corrected chi connectivity index (χ1v) is 17.1. The van der Waals surface area contributed by atoms with E-state index in [0.29, 0.717) is 12.1 Å². The fraction of sp³-hybridized carbons (Fsp3) is 0.222. The lowest BCUT2D eigenvalue weighted by Gasteiger charge is -2.32. The van der Waals surface area contributed by atoms with Gasteiger partial charge in [-0.25, -0.2) is 9.98 Å². The summed E-state index contributed by atoms with van der Waals surface area (Å²) < 4.78 is 0. The lowest BCUT2D eigenvalue weighted by atomic mass is 9.95. The Hall–Kier alpha value is -4.14. The molecule has 6 nitrogen and oxygen atoms in total. The van der Waals surface area contributed by atoms with Crippen LogP contribution in [0.1, 0.15) is 22.3 Å². The Morgan fingerprint density at radius 1 is 0.591 bits per heavy atom. The standard InChI is InChI=1S/C20H17N3S.C16H15N3S/c1-2-5-16-12-23-17(10-14(16)4-1)13-24-20(23)22-19-7-3-6-15-11-21-9-8-18(15)19;1-2-4-13-10-19-15(9-12(13)3-1)11-20-16(19)18-14-5-7-17-8-6-14/h1-9,11,17H,10,12-13H2;1-8,15H,9-11H2/t17-;15-/m00/s1. The molecule has 0 bridgehead atoms. The lowest BCUT2D eigenvalue weighted by molar-refractivity contribution is 0.320. The van der Waals surface area contributed by atoms with Crippen LogP contribution in [0.25, 0.3) is 10.8 Å². The number of aromatic nitrogens is 2. The van der Waals surface area contributed by atoms with Crippen LogP contribution in [0.2, 0.25) is 0 Å². The summed E-state index contributed by atoms with van der Waals surface area (Å²) in [4.78, 5) is 23.0. The minimum atomic E-state index is 0.570. The molecule has 2 aromatic heterocycles. The second-order valence-electron chi connectivity index (χ2n) is 11.5. The van der Waals surface area contributed by atoms with Crippen LogP contribution in [-0.2, 0) is 25.9 Å². The molecule has 0 saturated carbocycles. The van der Waals surface area contributed by atoms with Gasteiger partial charge >= 0.3 is 0 Å². The van der Waals surface area contributed by atoms with Gasteiger partial charge in [0.1, 0.15) is 0 Å². The van der Waals surface area contributed by atoms with Crippen molar-refractivity contribution in [3.63, 3.8) is 0 Å². The molecule has 9 rings (SSSR count). The second-order valence-corrected chi connectivity index (χ2v) is 13.5. The summed E-state index contributed by atoms with van der Waals surface area (Å²) in [5.41, 5.74) is 7.90. The van der Waals surface area contributed by atoms with E-state index in [-0.39, 0.29) is 0 Å². The molecule has 44 heavy (non-hydrogen) atoms. The van der Waals surface area contributed by atoms with E-state index in [9.17, 15) is 0 Å². The van der Waals surface area contributed by atoms with Crippen molar-refractivity contribution in [1.82, 2.24) is 19.8 Å². The minimum absolute atomic E-state index is 0.570. The highest BCUT2D eigenvalue weighted by Gasteiger charge is 2.35. The van der Waals surface area contributed by atoms with Crippen molar-refractivity contribution in [2.75, 3.05) is 11.5 Å². The number of nitrogens with zero attached hydrogens (tertiary/aromatic N) is 6. The first kappa shape index (κ1) is 27.4. The Morgan fingerprint density at radius 3 is 1.84 bits per heavy atom. The zero-order chi connectivity index (χ0) is 29.3. The van der Waals surface area contributed by atoms with Crippen molar-refractivity contribution in [3.8, 4) is 0 Å². The zero-order valence-corrected chi connectivity index (χ0v) is 25.9. The third kappa shape index (κ3) is 5.48. The predicted molar refractivity (Wildman–Crippen MR) is 184 cm³/mol. The maximum absolute atomic E-state index is 5.02. The van der Waals surface area contributed by atoms with Crippen molar-refractivity contribution in [2.45, 2.75) is 38.0 Å². The largest absolute Gasteiger partial charge is 0.343 e. The summed E-state index contributed by atoms with van der Waals surface area (Å²) in [5.74, 6) is 2.26. The van der Waals surface area contributed by atoms with Gasteiger partial charge in [-0.2, -0.15) is 0 Å². The third-order valence-electron chi connectivity index (χ3n) is 8.77. The highest BCUT2D eigenvalue weighted by molar-refractivity contribution is 8.14. The van der Waals surface area contributed by atoms with Crippen molar-refractivity contribution in [3.05, 3.63) is 132 Å². The number of benzene rings is 3. The smallest absolute Gasteiger partial charge is 0.165 e. The van der Waals surface area contributed by atoms with Crippen molar-refractivity contribution in [2.24, 2.45) is 9.98 Å². The number of fused-ring (bicyclic) bond motifs is 5. The van der Waals surface area contributed by atoms with Crippen molar-refractivity contribution >= 4 is 56.0 Å². The number of aliphatic imine (C=N–C) groups is 2. The van der Waals surface area contributed by atoms with Gasteiger partial charge in [-0.3, -0.25) is 9.97 Å². The molecule has 4 aliphatic heterocycles. The van der Waals surface area contributed by atoms with E-state index in [4.69, 9.17) is 9.98 Å². The monoisotopic (exact) mass is 612 g/mol. The molecule has 2 saturated heterocycles. The van der Waals surface area contributed by atoms with E-state index in [2.05, 4.69) is 92.6 Å². The molecular formula is C36H32N6S2. The number of thioether (sulfide) groups is 2. The summed E-state index contributed by atoms with van der Waals surface area (Å²) >= 11 is 3.75. The van der Waals surface area contributed by atoms with Gasteiger partial charge < -0.3 is 9.80 Å². The molecule has 3 aromatic carbocycles. The highest BCUT2D eigenvalue weighted by Crippen LogP contribution is 2.37. The van der Waals surface area contributed by atoms with Gasteiger partial charge in [0.25, 0.3) is 0 Å².